The van der Waals surface area contributed by atoms with E-state index in [1.165, 1.54) is 7.11 Å². The number of cyclic esters (lactones) is 1. The molecule has 4 nitrogen and oxygen atoms in total. The van der Waals surface area contributed by atoms with Crippen molar-refractivity contribution in [3.63, 3.8) is 0 Å². The number of carbonyl (C=O) groups is 2. The molecule has 1 atom stereocenters. The van der Waals surface area contributed by atoms with Crippen LogP contribution in [0.2, 0.25) is 0 Å². The van der Waals surface area contributed by atoms with Crippen LogP contribution in [-0.4, -0.2) is 25.2 Å². The van der Waals surface area contributed by atoms with E-state index >= 15 is 0 Å². The highest BCUT2D eigenvalue weighted by Gasteiger charge is 2.19. The maximum Gasteiger partial charge on any atom is 0.306 e. The van der Waals surface area contributed by atoms with Crippen LogP contribution >= 0.6 is 0 Å². The Morgan fingerprint density at radius 1 is 1.57 bits per heavy atom. The van der Waals surface area contributed by atoms with E-state index in [1.54, 1.807) is 0 Å². The minimum Gasteiger partial charge on any atom is -0.469 e. The molecule has 80 valence electrons. The molecule has 1 heterocycles. The Hall–Kier alpha value is -1.06. The van der Waals surface area contributed by atoms with Crippen molar-refractivity contribution in [2.24, 2.45) is 0 Å². The van der Waals surface area contributed by atoms with Gasteiger partial charge in [0, 0.05) is 12.8 Å². The molecule has 0 aromatic carbocycles. The Balaban J connectivity index is 2.28. The summed E-state index contributed by atoms with van der Waals surface area (Å²) in [7, 11) is 1.36. The standard InChI is InChI=1S/C10H16O4/c1-13-9(11)7-6-8-4-2-3-5-10(12)14-8/h8H,2-7H2,1H3/t8-/m1/s1. The molecule has 0 aromatic rings. The third-order valence-electron chi connectivity index (χ3n) is 2.35. The number of carbonyl (C=O) groups excluding carboxylic acids is 2. The Morgan fingerprint density at radius 3 is 3.07 bits per heavy atom. The van der Waals surface area contributed by atoms with Crippen LogP contribution in [0.3, 0.4) is 0 Å². The summed E-state index contributed by atoms with van der Waals surface area (Å²) in [5, 5.41) is 0. The molecule has 1 saturated heterocycles. The molecule has 0 N–H and O–H groups in total. The van der Waals surface area contributed by atoms with Gasteiger partial charge in [-0.15, -0.1) is 0 Å². The van der Waals surface area contributed by atoms with E-state index in [1.807, 2.05) is 0 Å². The molecule has 0 aliphatic carbocycles. The minimum absolute atomic E-state index is 0.0934. The Labute approximate surface area is 83.6 Å². The van der Waals surface area contributed by atoms with Crippen LogP contribution in [0.4, 0.5) is 0 Å². The van der Waals surface area contributed by atoms with E-state index in [0.717, 1.165) is 19.3 Å². The molecule has 4 heteroatoms. The van der Waals surface area contributed by atoms with E-state index in [4.69, 9.17) is 4.74 Å². The van der Waals surface area contributed by atoms with Crippen LogP contribution < -0.4 is 0 Å². The van der Waals surface area contributed by atoms with E-state index in [0.29, 0.717) is 19.3 Å². The fraction of sp³-hybridized carbons (Fsp3) is 0.800. The lowest BCUT2D eigenvalue weighted by molar-refractivity contribution is -0.150. The second-order valence-electron chi connectivity index (χ2n) is 3.47. The number of ether oxygens (including phenoxy) is 2. The molecule has 1 aliphatic rings. The van der Waals surface area contributed by atoms with Crippen molar-refractivity contribution in [3.8, 4) is 0 Å². The predicted octanol–water partition coefficient (Wildman–Crippen LogP) is 1.43. The van der Waals surface area contributed by atoms with Crippen LogP contribution in [0.15, 0.2) is 0 Å². The van der Waals surface area contributed by atoms with Crippen LogP contribution in [-0.2, 0) is 19.1 Å². The van der Waals surface area contributed by atoms with Gasteiger partial charge in [0.1, 0.15) is 6.10 Å². The van der Waals surface area contributed by atoms with Gasteiger partial charge in [-0.1, -0.05) is 0 Å². The van der Waals surface area contributed by atoms with Gasteiger partial charge in [0.05, 0.1) is 7.11 Å². The molecular formula is C10H16O4. The monoisotopic (exact) mass is 200 g/mol. The highest BCUT2D eigenvalue weighted by Crippen LogP contribution is 2.17. The molecule has 1 aliphatic heterocycles. The summed E-state index contributed by atoms with van der Waals surface area (Å²) in [6, 6.07) is 0. The molecular weight excluding hydrogens is 184 g/mol. The van der Waals surface area contributed by atoms with Gasteiger partial charge in [0.15, 0.2) is 0 Å². The van der Waals surface area contributed by atoms with E-state index < -0.39 is 0 Å². The summed E-state index contributed by atoms with van der Waals surface area (Å²) >= 11 is 0. The van der Waals surface area contributed by atoms with Gasteiger partial charge < -0.3 is 9.47 Å². The van der Waals surface area contributed by atoms with E-state index in [9.17, 15) is 9.59 Å². The highest BCUT2D eigenvalue weighted by molar-refractivity contribution is 5.70. The molecule has 0 amide bonds. The Bertz CT molecular complexity index is 212. The first kappa shape index (κ1) is 11.0. The maximum absolute atomic E-state index is 11.1. The van der Waals surface area contributed by atoms with Gasteiger partial charge >= 0.3 is 11.9 Å². The lowest BCUT2D eigenvalue weighted by Gasteiger charge is -2.13. The third kappa shape index (κ3) is 3.77. The highest BCUT2D eigenvalue weighted by atomic mass is 16.5. The van der Waals surface area contributed by atoms with Crippen molar-refractivity contribution in [2.75, 3.05) is 7.11 Å². The zero-order chi connectivity index (χ0) is 10.4. The first-order chi connectivity index (χ1) is 6.72. The molecule has 0 radical (unpaired) electrons. The van der Waals surface area contributed by atoms with Gasteiger partial charge in [-0.05, 0) is 25.7 Å². The van der Waals surface area contributed by atoms with Gasteiger partial charge in [0.25, 0.3) is 0 Å². The van der Waals surface area contributed by atoms with Crippen LogP contribution in [0.25, 0.3) is 0 Å². The van der Waals surface area contributed by atoms with E-state index in [-0.39, 0.29) is 18.0 Å². The average Bonchev–Trinajstić information content (AvgIpc) is 2.39. The summed E-state index contributed by atoms with van der Waals surface area (Å²) in [6.07, 6.45) is 4.08. The van der Waals surface area contributed by atoms with E-state index in [2.05, 4.69) is 4.74 Å². The van der Waals surface area contributed by atoms with Crippen LogP contribution in [0, 0.1) is 0 Å². The second-order valence-corrected chi connectivity index (χ2v) is 3.47. The number of methoxy groups -OCH3 is 1. The molecule has 0 unspecified atom stereocenters. The molecule has 1 rings (SSSR count). The minimum atomic E-state index is -0.245. The van der Waals surface area contributed by atoms with Crippen molar-refractivity contribution in [3.05, 3.63) is 0 Å². The van der Waals surface area contributed by atoms with Crippen LogP contribution in [0.1, 0.15) is 38.5 Å². The maximum atomic E-state index is 11.1. The zero-order valence-electron chi connectivity index (χ0n) is 8.45. The van der Waals surface area contributed by atoms with Gasteiger partial charge in [-0.25, -0.2) is 0 Å². The molecule has 0 saturated carbocycles. The number of hydrogen-bond acceptors (Lipinski definition) is 4. The summed E-state index contributed by atoms with van der Waals surface area (Å²) < 4.78 is 9.68. The Morgan fingerprint density at radius 2 is 2.36 bits per heavy atom. The third-order valence-corrected chi connectivity index (χ3v) is 2.35. The van der Waals surface area contributed by atoms with Gasteiger partial charge in [0.2, 0.25) is 0 Å². The smallest absolute Gasteiger partial charge is 0.306 e. The number of rotatable bonds is 3. The fourth-order valence-electron chi connectivity index (χ4n) is 1.53. The summed E-state index contributed by atoms with van der Waals surface area (Å²) in [4.78, 5) is 21.9. The van der Waals surface area contributed by atoms with Crippen molar-refractivity contribution in [1.82, 2.24) is 0 Å². The number of esters is 2. The lowest BCUT2D eigenvalue weighted by atomic mass is 10.1. The number of hydrogen-bond donors (Lipinski definition) is 0. The largest absolute Gasteiger partial charge is 0.469 e. The quantitative estimate of drug-likeness (QED) is 0.646. The normalized spacial score (nSPS) is 22.4. The summed E-state index contributed by atoms with van der Waals surface area (Å²) in [6.45, 7) is 0. The molecule has 0 aromatic heterocycles. The van der Waals surface area contributed by atoms with Gasteiger partial charge in [-0.2, -0.15) is 0 Å². The van der Waals surface area contributed by atoms with Gasteiger partial charge in [-0.3, -0.25) is 9.59 Å². The summed E-state index contributed by atoms with van der Waals surface area (Å²) in [5.74, 6) is -0.386. The SMILES string of the molecule is COC(=O)CC[C@H]1CCCCC(=O)O1. The van der Waals surface area contributed by atoms with Crippen molar-refractivity contribution in [1.29, 1.82) is 0 Å². The predicted molar refractivity (Wildman–Crippen MR) is 49.6 cm³/mol. The second kappa shape index (κ2) is 5.62. The van der Waals surface area contributed by atoms with Crippen molar-refractivity contribution < 1.29 is 19.1 Å². The molecule has 14 heavy (non-hydrogen) atoms. The topological polar surface area (TPSA) is 52.6 Å². The first-order valence-electron chi connectivity index (χ1n) is 4.98. The van der Waals surface area contributed by atoms with Crippen LogP contribution in [0.5, 0.6) is 0 Å². The average molecular weight is 200 g/mol. The molecule has 1 fully saturated rings. The molecule has 0 spiro atoms. The van der Waals surface area contributed by atoms with Crippen molar-refractivity contribution in [2.45, 2.75) is 44.6 Å². The summed E-state index contributed by atoms with van der Waals surface area (Å²) in [5.41, 5.74) is 0. The lowest BCUT2D eigenvalue weighted by Crippen LogP contribution is -2.17. The molecule has 0 bridgehead atoms. The zero-order valence-corrected chi connectivity index (χ0v) is 8.45. The fourth-order valence-corrected chi connectivity index (χ4v) is 1.53. The Kier molecular flexibility index (Phi) is 4.43. The first-order valence-corrected chi connectivity index (χ1v) is 4.98. The van der Waals surface area contributed by atoms with Crippen molar-refractivity contribution >= 4 is 11.9 Å².